The molecular formula is C20H26ClN3O4. The molecule has 3 rings (SSSR count). The van der Waals surface area contributed by atoms with E-state index in [2.05, 4.69) is 0 Å². The molecule has 8 heteroatoms. The van der Waals surface area contributed by atoms with Crippen LogP contribution >= 0.6 is 11.6 Å². The molecule has 2 saturated heterocycles. The van der Waals surface area contributed by atoms with E-state index in [0.29, 0.717) is 10.7 Å². The van der Waals surface area contributed by atoms with Gasteiger partial charge in [-0.15, -0.1) is 0 Å². The maximum atomic E-state index is 13.3. The highest BCUT2D eigenvalue weighted by molar-refractivity contribution is 6.30. The molecule has 0 aromatic heterocycles. The van der Waals surface area contributed by atoms with Crippen molar-refractivity contribution >= 4 is 35.2 Å². The van der Waals surface area contributed by atoms with Gasteiger partial charge in [0.2, 0.25) is 5.91 Å². The molecule has 28 heavy (non-hydrogen) atoms. The number of nitrogens with zero attached hydrogens (tertiary/aromatic N) is 3. The van der Waals surface area contributed by atoms with Crippen molar-refractivity contribution < 1.29 is 19.1 Å². The van der Waals surface area contributed by atoms with E-state index in [0.717, 1.165) is 0 Å². The Bertz CT molecular complexity index is 795. The molecule has 1 spiro atoms. The smallest absolute Gasteiger partial charge is 0.410 e. The fourth-order valence-electron chi connectivity index (χ4n) is 3.61. The fourth-order valence-corrected chi connectivity index (χ4v) is 3.73. The van der Waals surface area contributed by atoms with Crippen LogP contribution in [0, 0.1) is 0 Å². The zero-order chi connectivity index (χ0) is 20.9. The summed E-state index contributed by atoms with van der Waals surface area (Å²) in [6, 6.07) is 6.69. The molecule has 2 heterocycles. The number of benzene rings is 1. The molecule has 0 aliphatic carbocycles. The van der Waals surface area contributed by atoms with Gasteiger partial charge in [-0.1, -0.05) is 11.6 Å². The number of anilines is 1. The first kappa shape index (κ1) is 20.5. The van der Waals surface area contributed by atoms with Crippen LogP contribution in [0.15, 0.2) is 24.3 Å². The zero-order valence-electron chi connectivity index (χ0n) is 16.9. The van der Waals surface area contributed by atoms with Gasteiger partial charge < -0.3 is 14.5 Å². The number of piperazine rings is 1. The van der Waals surface area contributed by atoms with Gasteiger partial charge in [0.25, 0.3) is 5.91 Å². The lowest BCUT2D eigenvalue weighted by Crippen LogP contribution is -2.82. The predicted molar refractivity (Wildman–Crippen MR) is 106 cm³/mol. The molecule has 2 aliphatic heterocycles. The summed E-state index contributed by atoms with van der Waals surface area (Å²) < 4.78 is 5.41. The van der Waals surface area contributed by atoms with E-state index in [4.69, 9.17) is 16.3 Å². The van der Waals surface area contributed by atoms with Crippen LogP contribution < -0.4 is 4.90 Å². The number of likely N-dealkylation sites (tertiary alicyclic amines) is 1. The Morgan fingerprint density at radius 3 is 2.21 bits per heavy atom. The van der Waals surface area contributed by atoms with Gasteiger partial charge in [0.1, 0.15) is 12.1 Å². The first-order valence-corrected chi connectivity index (χ1v) is 9.70. The molecule has 152 valence electrons. The SMILES string of the molecule is CC(C)N1CC(=O)N(c2ccc(Cl)cc2)C2(CN(C(=O)OC(C)(C)C)C2)C1=O. The van der Waals surface area contributed by atoms with E-state index in [1.54, 1.807) is 49.9 Å². The van der Waals surface area contributed by atoms with Crippen LogP contribution in [0.5, 0.6) is 0 Å². The standard InChI is InChI=1S/C20H26ClN3O4/c1-13(2)23-10-16(25)24(15-8-6-14(21)7-9-15)20(17(23)26)11-22(12-20)18(27)28-19(3,4)5/h6-9,13H,10-12H2,1-5H3. The summed E-state index contributed by atoms with van der Waals surface area (Å²) >= 11 is 5.98. The van der Waals surface area contributed by atoms with Crippen molar-refractivity contribution in [3.63, 3.8) is 0 Å². The summed E-state index contributed by atoms with van der Waals surface area (Å²) in [4.78, 5) is 43.3. The number of hydrogen-bond donors (Lipinski definition) is 0. The van der Waals surface area contributed by atoms with Crippen molar-refractivity contribution in [2.75, 3.05) is 24.5 Å². The number of carbonyl (C=O) groups excluding carboxylic acids is 3. The van der Waals surface area contributed by atoms with Gasteiger partial charge in [-0.3, -0.25) is 14.5 Å². The van der Waals surface area contributed by atoms with Gasteiger partial charge in [-0.05, 0) is 58.9 Å². The second-order valence-electron chi connectivity index (χ2n) is 8.60. The minimum atomic E-state index is -1.12. The molecule has 1 aromatic rings. The minimum absolute atomic E-state index is 0.00726. The van der Waals surface area contributed by atoms with Gasteiger partial charge in [-0.2, -0.15) is 0 Å². The zero-order valence-corrected chi connectivity index (χ0v) is 17.6. The van der Waals surface area contributed by atoms with Crippen LogP contribution in [0.3, 0.4) is 0 Å². The van der Waals surface area contributed by atoms with Gasteiger partial charge >= 0.3 is 6.09 Å². The van der Waals surface area contributed by atoms with Crippen LogP contribution in [0.25, 0.3) is 0 Å². The summed E-state index contributed by atoms with van der Waals surface area (Å²) in [6.45, 7) is 9.31. The summed E-state index contributed by atoms with van der Waals surface area (Å²) in [6.07, 6.45) is -0.490. The van der Waals surface area contributed by atoms with E-state index >= 15 is 0 Å². The number of halogens is 1. The monoisotopic (exact) mass is 407 g/mol. The number of rotatable bonds is 2. The molecule has 1 aromatic carbocycles. The van der Waals surface area contributed by atoms with Crippen molar-refractivity contribution in [3.8, 4) is 0 Å². The summed E-state index contributed by atoms with van der Waals surface area (Å²) in [5.74, 6) is -0.337. The number of amides is 3. The lowest BCUT2D eigenvalue weighted by atomic mass is 9.83. The number of carbonyl (C=O) groups is 3. The van der Waals surface area contributed by atoms with Gasteiger partial charge in [0, 0.05) is 16.8 Å². The van der Waals surface area contributed by atoms with Crippen LogP contribution in [0.2, 0.25) is 5.02 Å². The highest BCUT2D eigenvalue weighted by Crippen LogP contribution is 2.38. The molecule has 2 fully saturated rings. The van der Waals surface area contributed by atoms with E-state index in [9.17, 15) is 14.4 Å². The van der Waals surface area contributed by atoms with Crippen molar-refractivity contribution in [2.45, 2.75) is 51.8 Å². The van der Waals surface area contributed by atoms with E-state index in [1.807, 2.05) is 13.8 Å². The van der Waals surface area contributed by atoms with Gasteiger partial charge in [0.05, 0.1) is 13.1 Å². The quantitative estimate of drug-likeness (QED) is 0.755. The summed E-state index contributed by atoms with van der Waals surface area (Å²) in [5, 5.41) is 0.543. The molecule has 0 radical (unpaired) electrons. The Labute approximate surface area is 170 Å². The lowest BCUT2D eigenvalue weighted by Gasteiger charge is -2.58. The first-order valence-electron chi connectivity index (χ1n) is 9.32. The average Bonchev–Trinajstić information content (AvgIpc) is 2.53. The van der Waals surface area contributed by atoms with Crippen LogP contribution in [-0.4, -0.2) is 64.5 Å². The molecule has 3 amide bonds. The topological polar surface area (TPSA) is 70.2 Å². The largest absolute Gasteiger partial charge is 0.444 e. The van der Waals surface area contributed by atoms with Gasteiger partial charge in [0.15, 0.2) is 5.54 Å². The van der Waals surface area contributed by atoms with Crippen LogP contribution in [-0.2, 0) is 14.3 Å². The molecule has 0 saturated carbocycles. The maximum absolute atomic E-state index is 13.3. The highest BCUT2D eigenvalue weighted by Gasteiger charge is 2.62. The Kier molecular flexibility index (Phi) is 5.08. The van der Waals surface area contributed by atoms with Crippen molar-refractivity contribution in [2.24, 2.45) is 0 Å². The second kappa shape index (κ2) is 6.95. The Morgan fingerprint density at radius 1 is 1.14 bits per heavy atom. The number of ether oxygens (including phenoxy) is 1. The van der Waals surface area contributed by atoms with E-state index in [-0.39, 0.29) is 37.5 Å². The molecule has 0 N–H and O–H groups in total. The second-order valence-corrected chi connectivity index (χ2v) is 9.04. The van der Waals surface area contributed by atoms with Crippen molar-refractivity contribution in [1.29, 1.82) is 0 Å². The lowest BCUT2D eigenvalue weighted by molar-refractivity contribution is -0.154. The molecular weight excluding hydrogens is 382 g/mol. The van der Waals surface area contributed by atoms with E-state index in [1.165, 1.54) is 9.80 Å². The van der Waals surface area contributed by atoms with Crippen molar-refractivity contribution in [3.05, 3.63) is 29.3 Å². The molecule has 2 aliphatic rings. The van der Waals surface area contributed by atoms with Crippen LogP contribution in [0.4, 0.5) is 10.5 Å². The Hall–Kier alpha value is -2.28. The normalized spacial score (nSPS) is 19.3. The predicted octanol–water partition coefficient (Wildman–Crippen LogP) is 2.91. The van der Waals surface area contributed by atoms with E-state index < -0.39 is 17.2 Å². The third-order valence-electron chi connectivity index (χ3n) is 4.91. The first-order chi connectivity index (χ1) is 12.9. The van der Waals surface area contributed by atoms with Crippen molar-refractivity contribution in [1.82, 2.24) is 9.80 Å². The third kappa shape index (κ3) is 3.55. The maximum Gasteiger partial charge on any atom is 0.410 e. The van der Waals surface area contributed by atoms with Gasteiger partial charge in [-0.25, -0.2) is 4.79 Å². The number of hydrogen-bond acceptors (Lipinski definition) is 4. The van der Waals surface area contributed by atoms with Crippen LogP contribution in [0.1, 0.15) is 34.6 Å². The molecule has 0 atom stereocenters. The fraction of sp³-hybridized carbons (Fsp3) is 0.550. The summed E-state index contributed by atoms with van der Waals surface area (Å²) in [7, 11) is 0. The molecule has 7 nitrogen and oxygen atoms in total. The highest BCUT2D eigenvalue weighted by atomic mass is 35.5. The Balaban J connectivity index is 1.93. The summed E-state index contributed by atoms with van der Waals surface area (Å²) in [5.41, 5.74) is -1.16. The average molecular weight is 408 g/mol. The minimum Gasteiger partial charge on any atom is -0.444 e. The molecule has 0 bridgehead atoms. The molecule has 0 unspecified atom stereocenters. The Morgan fingerprint density at radius 2 is 1.71 bits per heavy atom. The third-order valence-corrected chi connectivity index (χ3v) is 5.16.